The number of halogens is 1. The molecule has 0 radical (unpaired) electrons. The highest BCUT2D eigenvalue weighted by molar-refractivity contribution is 7.22. The number of hydrogen-bond donors (Lipinski definition) is 1. The second kappa shape index (κ2) is 3.63. The molecule has 2 N–H and O–H groups in total. The molecule has 0 unspecified atom stereocenters. The van der Waals surface area contributed by atoms with E-state index >= 15 is 0 Å². The number of ether oxygens (including phenoxy) is 1. The maximum absolute atomic E-state index is 11.3. The van der Waals surface area contributed by atoms with E-state index in [0.717, 1.165) is 0 Å². The number of esters is 1. The van der Waals surface area contributed by atoms with E-state index < -0.39 is 5.97 Å². The molecule has 0 fully saturated rings. The number of aromatic nitrogens is 2. The summed E-state index contributed by atoms with van der Waals surface area (Å²) in [6.45, 7) is 0. The Kier molecular flexibility index (Phi) is 2.45. The number of anilines is 1. The Morgan fingerprint density at radius 2 is 2.33 bits per heavy atom. The number of nitrogen functional groups attached to an aromatic ring is 1. The summed E-state index contributed by atoms with van der Waals surface area (Å²) >= 11 is 7.04. The lowest BCUT2D eigenvalue weighted by atomic mass is 10.3. The van der Waals surface area contributed by atoms with Gasteiger partial charge in [0.2, 0.25) is 0 Å². The van der Waals surface area contributed by atoms with Gasteiger partial charge in [0.1, 0.15) is 5.15 Å². The van der Waals surface area contributed by atoms with Crippen molar-refractivity contribution in [2.24, 2.45) is 0 Å². The first-order valence-electron chi connectivity index (χ1n) is 3.92. The first kappa shape index (κ1) is 10.1. The fourth-order valence-corrected chi connectivity index (χ4v) is 2.04. The van der Waals surface area contributed by atoms with Gasteiger partial charge in [0.05, 0.1) is 17.4 Å². The molecule has 0 saturated heterocycles. The number of carbonyl (C=O) groups is 1. The van der Waals surface area contributed by atoms with Crippen LogP contribution in [-0.4, -0.2) is 23.0 Å². The predicted molar refractivity (Wildman–Crippen MR) is 58.2 cm³/mol. The van der Waals surface area contributed by atoms with Crippen LogP contribution >= 0.6 is 22.9 Å². The van der Waals surface area contributed by atoms with Crippen molar-refractivity contribution in [1.82, 2.24) is 9.97 Å². The lowest BCUT2D eigenvalue weighted by Crippen LogP contribution is -2.03. The fraction of sp³-hybridized carbons (Fsp3) is 0.125. The standard InChI is InChI=1S/C8H6ClN3O2S/c1-14-7(13)3-2-4-6(11-5(3)9)12-8(10)15-4/h2H,1H3,(H2,10,11,12). The number of hydrogen-bond acceptors (Lipinski definition) is 6. The summed E-state index contributed by atoms with van der Waals surface area (Å²) in [5.41, 5.74) is 6.17. The summed E-state index contributed by atoms with van der Waals surface area (Å²) in [6.07, 6.45) is 0. The van der Waals surface area contributed by atoms with Gasteiger partial charge in [0.25, 0.3) is 0 Å². The largest absolute Gasteiger partial charge is 0.465 e. The van der Waals surface area contributed by atoms with Crippen LogP contribution in [0.4, 0.5) is 5.13 Å². The van der Waals surface area contributed by atoms with Crippen LogP contribution in [0, 0.1) is 0 Å². The minimum absolute atomic E-state index is 0.0691. The van der Waals surface area contributed by atoms with Crippen LogP contribution in [-0.2, 0) is 4.74 Å². The monoisotopic (exact) mass is 243 g/mol. The summed E-state index contributed by atoms with van der Waals surface area (Å²) in [4.78, 5) is 19.2. The molecule has 2 heterocycles. The van der Waals surface area contributed by atoms with Crippen LogP contribution in [0.3, 0.4) is 0 Å². The van der Waals surface area contributed by atoms with Crippen LogP contribution in [0.5, 0.6) is 0 Å². The normalized spacial score (nSPS) is 10.5. The minimum atomic E-state index is -0.527. The molecule has 0 saturated carbocycles. The lowest BCUT2D eigenvalue weighted by molar-refractivity contribution is 0.0600. The molecule has 2 aromatic heterocycles. The van der Waals surface area contributed by atoms with Gasteiger partial charge >= 0.3 is 5.97 Å². The van der Waals surface area contributed by atoms with E-state index in [2.05, 4.69) is 14.7 Å². The van der Waals surface area contributed by atoms with Crippen LogP contribution in [0.25, 0.3) is 10.3 Å². The summed E-state index contributed by atoms with van der Waals surface area (Å²) in [7, 11) is 1.28. The van der Waals surface area contributed by atoms with Crippen molar-refractivity contribution >= 4 is 44.4 Å². The summed E-state index contributed by atoms with van der Waals surface area (Å²) in [5.74, 6) is -0.527. The Morgan fingerprint density at radius 1 is 1.60 bits per heavy atom. The van der Waals surface area contributed by atoms with Crippen molar-refractivity contribution in [2.75, 3.05) is 12.8 Å². The topological polar surface area (TPSA) is 78.1 Å². The van der Waals surface area contributed by atoms with Crippen LogP contribution in [0.15, 0.2) is 6.07 Å². The Labute approximate surface area is 93.8 Å². The highest BCUT2D eigenvalue weighted by atomic mass is 35.5. The third kappa shape index (κ3) is 1.73. The highest BCUT2D eigenvalue weighted by Crippen LogP contribution is 2.26. The average Bonchev–Trinajstić information content (AvgIpc) is 2.55. The Balaban J connectivity index is 2.66. The number of fused-ring (bicyclic) bond motifs is 1. The number of nitrogens with zero attached hydrogens (tertiary/aromatic N) is 2. The predicted octanol–water partition coefficient (Wildman–Crippen LogP) is 1.71. The number of methoxy groups -OCH3 is 1. The molecule has 0 spiro atoms. The number of thiazole rings is 1. The Morgan fingerprint density at radius 3 is 3.00 bits per heavy atom. The van der Waals surface area contributed by atoms with Gasteiger partial charge in [-0.05, 0) is 6.07 Å². The highest BCUT2D eigenvalue weighted by Gasteiger charge is 2.15. The van der Waals surface area contributed by atoms with E-state index in [0.29, 0.717) is 15.5 Å². The van der Waals surface area contributed by atoms with E-state index in [1.807, 2.05) is 0 Å². The minimum Gasteiger partial charge on any atom is -0.465 e. The molecule has 15 heavy (non-hydrogen) atoms. The fourth-order valence-electron chi connectivity index (χ4n) is 1.11. The Bertz CT molecular complexity index is 540. The van der Waals surface area contributed by atoms with Crippen molar-refractivity contribution in [1.29, 1.82) is 0 Å². The zero-order valence-electron chi connectivity index (χ0n) is 7.65. The molecule has 0 aliphatic carbocycles. The van der Waals surface area contributed by atoms with E-state index in [9.17, 15) is 4.79 Å². The molecule has 0 aliphatic heterocycles. The van der Waals surface area contributed by atoms with E-state index in [-0.39, 0.29) is 10.7 Å². The zero-order chi connectivity index (χ0) is 11.0. The molecule has 5 nitrogen and oxygen atoms in total. The van der Waals surface area contributed by atoms with Gasteiger partial charge in [0.15, 0.2) is 10.8 Å². The van der Waals surface area contributed by atoms with Gasteiger partial charge in [-0.15, -0.1) is 0 Å². The number of nitrogens with two attached hydrogens (primary N) is 1. The third-order valence-corrected chi connectivity index (χ3v) is 2.87. The zero-order valence-corrected chi connectivity index (χ0v) is 9.22. The molecule has 2 rings (SSSR count). The Hall–Kier alpha value is -1.40. The van der Waals surface area contributed by atoms with Gasteiger partial charge in [-0.2, -0.15) is 0 Å². The second-order valence-corrected chi connectivity index (χ2v) is 4.11. The number of carbonyl (C=O) groups excluding carboxylic acids is 1. The van der Waals surface area contributed by atoms with Crippen molar-refractivity contribution in [2.45, 2.75) is 0 Å². The van der Waals surface area contributed by atoms with Crippen LogP contribution in [0.2, 0.25) is 5.15 Å². The molecule has 0 aliphatic rings. The van der Waals surface area contributed by atoms with E-state index in [4.69, 9.17) is 17.3 Å². The van der Waals surface area contributed by atoms with Gasteiger partial charge in [0, 0.05) is 0 Å². The molecule has 78 valence electrons. The van der Waals surface area contributed by atoms with Crippen LogP contribution in [0.1, 0.15) is 10.4 Å². The quantitative estimate of drug-likeness (QED) is 0.609. The third-order valence-electron chi connectivity index (χ3n) is 1.76. The lowest BCUT2D eigenvalue weighted by Gasteiger charge is -2.00. The summed E-state index contributed by atoms with van der Waals surface area (Å²) in [6, 6.07) is 1.57. The maximum atomic E-state index is 11.3. The smallest absolute Gasteiger partial charge is 0.341 e. The van der Waals surface area contributed by atoms with Crippen molar-refractivity contribution in [3.8, 4) is 0 Å². The van der Waals surface area contributed by atoms with Crippen molar-refractivity contribution in [3.63, 3.8) is 0 Å². The molecule has 0 amide bonds. The second-order valence-electron chi connectivity index (χ2n) is 2.69. The molecular weight excluding hydrogens is 238 g/mol. The van der Waals surface area contributed by atoms with Crippen molar-refractivity contribution in [3.05, 3.63) is 16.8 Å². The SMILES string of the molecule is COC(=O)c1cc2sc(N)nc2nc1Cl. The van der Waals surface area contributed by atoms with E-state index in [1.54, 1.807) is 6.07 Å². The number of rotatable bonds is 1. The molecule has 7 heteroatoms. The van der Waals surface area contributed by atoms with Gasteiger partial charge in [-0.3, -0.25) is 0 Å². The number of pyridine rings is 1. The van der Waals surface area contributed by atoms with E-state index in [1.165, 1.54) is 18.4 Å². The first-order valence-corrected chi connectivity index (χ1v) is 5.12. The molecule has 0 aromatic carbocycles. The van der Waals surface area contributed by atoms with Gasteiger partial charge < -0.3 is 10.5 Å². The van der Waals surface area contributed by atoms with Crippen molar-refractivity contribution < 1.29 is 9.53 Å². The van der Waals surface area contributed by atoms with Gasteiger partial charge in [-0.1, -0.05) is 22.9 Å². The first-order chi connectivity index (χ1) is 7.11. The molecule has 0 atom stereocenters. The van der Waals surface area contributed by atoms with Gasteiger partial charge in [-0.25, -0.2) is 14.8 Å². The van der Waals surface area contributed by atoms with Crippen LogP contribution < -0.4 is 5.73 Å². The average molecular weight is 244 g/mol. The summed E-state index contributed by atoms with van der Waals surface area (Å²) < 4.78 is 5.27. The maximum Gasteiger partial charge on any atom is 0.341 e. The summed E-state index contributed by atoms with van der Waals surface area (Å²) in [5, 5.41) is 0.454. The molecular formula is C8H6ClN3O2S. The molecule has 2 aromatic rings. The molecule has 0 bridgehead atoms.